The van der Waals surface area contributed by atoms with Gasteiger partial charge in [-0.3, -0.25) is 4.55 Å². The lowest BCUT2D eigenvalue weighted by molar-refractivity contribution is -0.197. The zero-order valence-corrected chi connectivity index (χ0v) is 21.3. The standard InChI is InChI=1S/C20H29B4F3O7S/c21-5-11-12(6-22)14(8-24)17(19(29)34-15(20(25,26)27)9-35(30,31)32)16(13(11)7-23)18(28)33-10-3-1-2-4-10/h10,15H,1-9,21-24H2,(H,30,31,32). The molecule has 1 aliphatic carbocycles. The third-order valence-corrected chi connectivity index (χ3v) is 7.05. The number of rotatable bonds is 10. The van der Waals surface area contributed by atoms with Crippen LogP contribution in [0, 0.1) is 0 Å². The van der Waals surface area contributed by atoms with Crippen LogP contribution in [-0.2, 0) is 44.9 Å². The van der Waals surface area contributed by atoms with Crippen LogP contribution in [0.15, 0.2) is 0 Å². The third kappa shape index (κ3) is 7.09. The van der Waals surface area contributed by atoms with Gasteiger partial charge in [0.2, 0.25) is 6.10 Å². The molecule has 0 amide bonds. The van der Waals surface area contributed by atoms with Crippen LogP contribution in [-0.4, -0.2) is 80.4 Å². The molecule has 0 heterocycles. The summed E-state index contributed by atoms with van der Waals surface area (Å²) in [5, 5.41) is 0. The van der Waals surface area contributed by atoms with Gasteiger partial charge < -0.3 is 9.47 Å². The van der Waals surface area contributed by atoms with Crippen molar-refractivity contribution < 1.29 is 45.2 Å². The quantitative estimate of drug-likeness (QED) is 0.250. The van der Waals surface area contributed by atoms with Crippen LogP contribution in [0.1, 0.15) is 68.7 Å². The van der Waals surface area contributed by atoms with E-state index in [1.54, 1.807) is 15.7 Å². The average molecular weight is 514 g/mol. The van der Waals surface area contributed by atoms with Crippen molar-refractivity contribution in [2.24, 2.45) is 0 Å². The Bertz CT molecular complexity index is 1060. The maximum absolute atomic E-state index is 13.5. The van der Waals surface area contributed by atoms with Crippen LogP contribution < -0.4 is 0 Å². The molecule has 1 unspecified atom stereocenters. The molecule has 0 radical (unpaired) electrons. The molecule has 1 fully saturated rings. The highest BCUT2D eigenvalue weighted by Gasteiger charge is 2.46. The van der Waals surface area contributed by atoms with Crippen molar-refractivity contribution in [1.29, 1.82) is 0 Å². The van der Waals surface area contributed by atoms with Gasteiger partial charge in [-0.15, -0.1) is 0 Å². The van der Waals surface area contributed by atoms with Crippen molar-refractivity contribution in [1.82, 2.24) is 0 Å². The van der Waals surface area contributed by atoms with Crippen molar-refractivity contribution in [3.63, 3.8) is 0 Å². The summed E-state index contributed by atoms with van der Waals surface area (Å²) in [5.74, 6) is -4.12. The van der Waals surface area contributed by atoms with Gasteiger partial charge in [-0.25, -0.2) is 9.59 Å². The lowest BCUT2D eigenvalue weighted by Gasteiger charge is -2.26. The Hall–Kier alpha value is -1.88. The molecule has 7 nitrogen and oxygen atoms in total. The van der Waals surface area contributed by atoms with Gasteiger partial charge in [0.1, 0.15) is 43.2 Å². The van der Waals surface area contributed by atoms with Crippen LogP contribution in [0.3, 0.4) is 0 Å². The molecule has 1 N–H and O–H groups in total. The summed E-state index contributed by atoms with van der Waals surface area (Å²) >= 11 is 0. The molecule has 190 valence electrons. The van der Waals surface area contributed by atoms with E-state index >= 15 is 0 Å². The number of hydrogen-bond donors (Lipinski definition) is 1. The topological polar surface area (TPSA) is 107 Å². The number of ether oxygens (including phenoxy) is 2. The Morgan fingerprint density at radius 2 is 1.31 bits per heavy atom. The maximum atomic E-state index is 13.5. The predicted octanol–water partition coefficient (Wildman–Crippen LogP) is -0.706. The number of hydrogen-bond acceptors (Lipinski definition) is 6. The molecule has 0 spiro atoms. The Kier molecular flexibility index (Phi) is 9.98. The molecule has 0 saturated heterocycles. The highest BCUT2D eigenvalue weighted by molar-refractivity contribution is 7.85. The second kappa shape index (κ2) is 11.9. The van der Waals surface area contributed by atoms with Gasteiger partial charge >= 0.3 is 18.1 Å². The third-order valence-electron chi connectivity index (χ3n) is 6.32. The van der Waals surface area contributed by atoms with Crippen LogP contribution in [0.25, 0.3) is 0 Å². The Labute approximate surface area is 207 Å². The van der Waals surface area contributed by atoms with E-state index in [2.05, 4.69) is 4.74 Å². The SMILES string of the molecule is BCc1c(CB)c(CB)c(C(=O)OC(CS(=O)(=O)O)C(F)(F)F)c(C(=O)OC2CCCC2)c1CB. The summed E-state index contributed by atoms with van der Waals surface area (Å²) < 4.78 is 82.1. The van der Waals surface area contributed by atoms with Crippen LogP contribution in [0.2, 0.25) is 0 Å². The monoisotopic (exact) mass is 514 g/mol. The number of esters is 2. The zero-order valence-electron chi connectivity index (χ0n) is 20.5. The van der Waals surface area contributed by atoms with E-state index in [1.807, 2.05) is 15.7 Å². The molecule has 1 saturated carbocycles. The molecular formula is C20H29B4F3O7S. The molecule has 0 aliphatic heterocycles. The predicted molar refractivity (Wildman–Crippen MR) is 135 cm³/mol. The van der Waals surface area contributed by atoms with Gasteiger partial charge in [0.15, 0.2) is 0 Å². The van der Waals surface area contributed by atoms with E-state index in [0.717, 1.165) is 24.0 Å². The van der Waals surface area contributed by atoms with Crippen molar-refractivity contribution in [2.45, 2.75) is 69.3 Å². The Balaban J connectivity index is 2.74. The molecule has 2 rings (SSSR count). The van der Waals surface area contributed by atoms with E-state index in [1.165, 1.54) is 0 Å². The van der Waals surface area contributed by atoms with Crippen LogP contribution in [0.5, 0.6) is 0 Å². The second-order valence-electron chi connectivity index (χ2n) is 8.57. The van der Waals surface area contributed by atoms with Crippen LogP contribution in [0.4, 0.5) is 13.2 Å². The van der Waals surface area contributed by atoms with Gasteiger partial charge in [0.05, 0.1) is 11.1 Å². The van der Waals surface area contributed by atoms with Crippen molar-refractivity contribution in [2.75, 3.05) is 5.75 Å². The molecule has 0 aromatic heterocycles. The van der Waals surface area contributed by atoms with Gasteiger partial charge in [-0.2, -0.15) is 21.6 Å². The minimum Gasteiger partial charge on any atom is -0.459 e. The van der Waals surface area contributed by atoms with E-state index in [0.29, 0.717) is 42.9 Å². The number of halogens is 3. The zero-order chi connectivity index (χ0) is 26.6. The number of carbonyl (C=O) groups excluding carboxylic acids is 2. The smallest absolute Gasteiger partial charge is 0.426 e. The minimum absolute atomic E-state index is 0.122. The molecule has 1 atom stereocenters. The molecular weight excluding hydrogens is 485 g/mol. The van der Waals surface area contributed by atoms with E-state index in [9.17, 15) is 31.2 Å². The van der Waals surface area contributed by atoms with Gasteiger partial charge in [-0.1, -0.05) is 25.3 Å². The van der Waals surface area contributed by atoms with Gasteiger partial charge in [-0.05, 0) is 47.9 Å². The first-order valence-corrected chi connectivity index (χ1v) is 13.5. The molecule has 0 bridgehead atoms. The van der Waals surface area contributed by atoms with Gasteiger partial charge in [0, 0.05) is 0 Å². The maximum Gasteiger partial charge on any atom is 0.426 e. The fourth-order valence-corrected chi connectivity index (χ4v) is 5.48. The molecule has 35 heavy (non-hydrogen) atoms. The Morgan fingerprint density at radius 1 is 0.886 bits per heavy atom. The number of alkyl halides is 3. The van der Waals surface area contributed by atoms with Crippen LogP contribution >= 0.6 is 0 Å². The first-order valence-electron chi connectivity index (χ1n) is 11.9. The summed E-state index contributed by atoms with van der Waals surface area (Å²) in [6, 6.07) is 0. The minimum atomic E-state index is -5.26. The lowest BCUT2D eigenvalue weighted by atomic mass is 9.72. The first-order chi connectivity index (χ1) is 16.3. The largest absolute Gasteiger partial charge is 0.459 e. The van der Waals surface area contributed by atoms with Crippen molar-refractivity contribution >= 4 is 53.4 Å². The van der Waals surface area contributed by atoms with Gasteiger partial charge in [0.25, 0.3) is 10.1 Å². The Morgan fingerprint density at radius 3 is 1.69 bits per heavy atom. The molecule has 15 heteroatoms. The van der Waals surface area contributed by atoms with Crippen molar-refractivity contribution in [3.8, 4) is 0 Å². The summed E-state index contributed by atoms with van der Waals surface area (Å²) in [6.07, 6.45) is -4.08. The highest BCUT2D eigenvalue weighted by atomic mass is 32.2. The fourth-order valence-electron chi connectivity index (χ4n) is 4.84. The summed E-state index contributed by atoms with van der Waals surface area (Å²) in [4.78, 5) is 26.6. The van der Waals surface area contributed by atoms with E-state index < -0.39 is 40.1 Å². The average Bonchev–Trinajstić information content (AvgIpc) is 3.27. The molecule has 1 aromatic rings. The summed E-state index contributed by atoms with van der Waals surface area (Å²) in [6.45, 7) is 0. The van der Waals surface area contributed by atoms with Crippen molar-refractivity contribution in [3.05, 3.63) is 33.4 Å². The summed E-state index contributed by atoms with van der Waals surface area (Å²) in [7, 11) is 2.10. The fraction of sp³-hybridized carbons (Fsp3) is 0.600. The molecule has 1 aliphatic rings. The molecule has 1 aromatic carbocycles. The number of benzene rings is 1. The lowest BCUT2D eigenvalue weighted by Crippen LogP contribution is -2.40. The highest BCUT2D eigenvalue weighted by Crippen LogP contribution is 2.34. The number of carbonyl (C=O) groups is 2. The first kappa shape index (κ1) is 29.4. The summed E-state index contributed by atoms with van der Waals surface area (Å²) in [5.41, 5.74) is 2.02. The normalized spacial score (nSPS) is 15.7. The second-order valence-corrected chi connectivity index (χ2v) is 10.1. The van der Waals surface area contributed by atoms with E-state index in [-0.39, 0.29) is 23.6 Å². The van der Waals surface area contributed by atoms with E-state index in [4.69, 9.17) is 9.29 Å².